The lowest BCUT2D eigenvalue weighted by molar-refractivity contribution is 0.488. The fourth-order valence-corrected chi connectivity index (χ4v) is 2.44. The fourth-order valence-electron chi connectivity index (χ4n) is 1.64. The highest BCUT2D eigenvalue weighted by Crippen LogP contribution is 2.33. The first-order valence-corrected chi connectivity index (χ1v) is 6.23. The Kier molecular flexibility index (Phi) is 2.87. The maximum Gasteiger partial charge on any atom is 0.261 e. The third-order valence-corrected chi connectivity index (χ3v) is 3.40. The van der Waals surface area contributed by atoms with Gasteiger partial charge >= 0.3 is 0 Å². The molecule has 3 aromatic rings. The monoisotopic (exact) mass is 278 g/mol. The van der Waals surface area contributed by atoms with E-state index in [-0.39, 0.29) is 10.1 Å². The van der Waals surface area contributed by atoms with E-state index in [0.29, 0.717) is 16.8 Å². The van der Waals surface area contributed by atoms with Gasteiger partial charge in [-0.15, -0.1) is 0 Å². The van der Waals surface area contributed by atoms with Crippen LogP contribution in [0.3, 0.4) is 0 Å². The van der Waals surface area contributed by atoms with E-state index in [9.17, 15) is 8.78 Å². The van der Waals surface area contributed by atoms with Gasteiger partial charge in [-0.1, -0.05) is 6.07 Å². The number of anilines is 1. The minimum atomic E-state index is -0.526. The predicted octanol–water partition coefficient (Wildman–Crippen LogP) is 3.84. The van der Waals surface area contributed by atoms with Crippen molar-refractivity contribution in [3.05, 3.63) is 48.0 Å². The summed E-state index contributed by atoms with van der Waals surface area (Å²) in [5.74, 6) is -1.04. The minimum Gasteiger partial charge on any atom is -0.431 e. The Labute approximate surface area is 111 Å². The number of nitrogens with two attached hydrogens (primary N) is 1. The summed E-state index contributed by atoms with van der Waals surface area (Å²) in [7, 11) is 0. The summed E-state index contributed by atoms with van der Waals surface area (Å²) in [5.41, 5.74) is 7.26. The van der Waals surface area contributed by atoms with Crippen LogP contribution in [0.2, 0.25) is 0 Å². The average Bonchev–Trinajstić information content (AvgIpc) is 2.78. The largest absolute Gasteiger partial charge is 0.431 e. The molecule has 0 spiro atoms. The number of rotatable bonds is 2. The van der Waals surface area contributed by atoms with Crippen LogP contribution in [0.5, 0.6) is 0 Å². The van der Waals surface area contributed by atoms with Crippen LogP contribution in [0.15, 0.2) is 50.9 Å². The second-order valence-electron chi connectivity index (χ2n) is 3.85. The molecule has 19 heavy (non-hydrogen) atoms. The predicted molar refractivity (Wildman–Crippen MR) is 68.9 cm³/mol. The summed E-state index contributed by atoms with van der Waals surface area (Å²) in [6, 6.07) is 8.36. The number of para-hydroxylation sites is 1. The van der Waals surface area contributed by atoms with Crippen molar-refractivity contribution in [1.82, 2.24) is 4.98 Å². The Morgan fingerprint density at radius 2 is 2.00 bits per heavy atom. The highest BCUT2D eigenvalue weighted by Gasteiger charge is 2.12. The van der Waals surface area contributed by atoms with Crippen LogP contribution >= 0.6 is 11.8 Å². The maximum atomic E-state index is 13.5. The SMILES string of the molecule is Nc1cccc2oc(Sc3cc(F)ccc3F)nc12. The molecule has 0 fully saturated rings. The quantitative estimate of drug-likeness (QED) is 0.724. The number of aromatic nitrogens is 1. The van der Waals surface area contributed by atoms with Gasteiger partial charge in [-0.3, -0.25) is 0 Å². The van der Waals surface area contributed by atoms with E-state index in [1.54, 1.807) is 18.2 Å². The Morgan fingerprint density at radius 3 is 2.79 bits per heavy atom. The van der Waals surface area contributed by atoms with E-state index in [4.69, 9.17) is 10.2 Å². The minimum absolute atomic E-state index is 0.116. The second-order valence-corrected chi connectivity index (χ2v) is 4.84. The summed E-state index contributed by atoms with van der Waals surface area (Å²) in [5, 5.41) is 0.220. The second kappa shape index (κ2) is 4.55. The molecule has 1 heterocycles. The number of oxazole rings is 1. The molecule has 6 heteroatoms. The van der Waals surface area contributed by atoms with Crippen molar-refractivity contribution in [2.24, 2.45) is 0 Å². The molecule has 0 unspecified atom stereocenters. The van der Waals surface area contributed by atoms with E-state index in [1.165, 1.54) is 0 Å². The molecule has 0 saturated carbocycles. The standard InChI is InChI=1S/C13H8F2N2OS/c14-7-4-5-8(15)11(6-7)19-13-17-12-9(16)2-1-3-10(12)18-13/h1-6H,16H2. The van der Waals surface area contributed by atoms with Gasteiger partial charge in [-0.2, -0.15) is 0 Å². The van der Waals surface area contributed by atoms with Crippen LogP contribution in [0.1, 0.15) is 0 Å². The first kappa shape index (κ1) is 12.0. The molecule has 0 aliphatic carbocycles. The lowest BCUT2D eigenvalue weighted by Gasteiger charge is -1.98. The lowest BCUT2D eigenvalue weighted by Crippen LogP contribution is -1.85. The normalized spacial score (nSPS) is 11.1. The third-order valence-electron chi connectivity index (χ3n) is 2.52. The van der Waals surface area contributed by atoms with Gasteiger partial charge in [0, 0.05) is 0 Å². The van der Waals surface area contributed by atoms with Crippen molar-refractivity contribution >= 4 is 28.5 Å². The third kappa shape index (κ3) is 2.26. The van der Waals surface area contributed by atoms with Crippen LogP contribution in [0.25, 0.3) is 11.1 Å². The van der Waals surface area contributed by atoms with Crippen molar-refractivity contribution in [2.75, 3.05) is 5.73 Å². The van der Waals surface area contributed by atoms with Gasteiger partial charge in [-0.05, 0) is 42.1 Å². The van der Waals surface area contributed by atoms with E-state index in [0.717, 1.165) is 30.0 Å². The first-order valence-electron chi connectivity index (χ1n) is 5.41. The first-order chi connectivity index (χ1) is 9.13. The zero-order valence-electron chi connectivity index (χ0n) is 9.56. The van der Waals surface area contributed by atoms with E-state index in [2.05, 4.69) is 4.98 Å². The van der Waals surface area contributed by atoms with E-state index in [1.807, 2.05) is 0 Å². The van der Waals surface area contributed by atoms with Crippen LogP contribution in [0, 0.1) is 11.6 Å². The molecular weight excluding hydrogens is 270 g/mol. The molecule has 0 radical (unpaired) electrons. The van der Waals surface area contributed by atoms with Crippen molar-refractivity contribution in [2.45, 2.75) is 10.1 Å². The summed E-state index contributed by atoms with van der Waals surface area (Å²) in [6.45, 7) is 0. The summed E-state index contributed by atoms with van der Waals surface area (Å²) >= 11 is 0.914. The molecule has 0 amide bonds. The van der Waals surface area contributed by atoms with Crippen molar-refractivity contribution in [1.29, 1.82) is 0 Å². The molecule has 0 aliphatic heterocycles. The van der Waals surface area contributed by atoms with Crippen molar-refractivity contribution < 1.29 is 13.2 Å². The topological polar surface area (TPSA) is 52.0 Å². The Morgan fingerprint density at radius 1 is 1.16 bits per heavy atom. The maximum absolute atomic E-state index is 13.5. The van der Waals surface area contributed by atoms with E-state index < -0.39 is 11.6 Å². The van der Waals surface area contributed by atoms with Gasteiger partial charge in [0.05, 0.1) is 10.6 Å². The number of fused-ring (bicyclic) bond motifs is 1. The van der Waals surface area contributed by atoms with Crippen molar-refractivity contribution in [3.63, 3.8) is 0 Å². The molecule has 3 nitrogen and oxygen atoms in total. The average molecular weight is 278 g/mol. The van der Waals surface area contributed by atoms with Crippen LogP contribution in [0.4, 0.5) is 14.5 Å². The molecule has 2 N–H and O–H groups in total. The number of nitrogens with zero attached hydrogens (tertiary/aromatic N) is 1. The zero-order valence-corrected chi connectivity index (χ0v) is 10.4. The molecule has 0 atom stereocenters. The van der Waals surface area contributed by atoms with Gasteiger partial charge in [-0.25, -0.2) is 13.8 Å². The number of halogens is 2. The lowest BCUT2D eigenvalue weighted by atomic mass is 10.3. The van der Waals surface area contributed by atoms with Crippen LogP contribution in [-0.2, 0) is 0 Å². The highest BCUT2D eigenvalue weighted by molar-refractivity contribution is 7.99. The van der Waals surface area contributed by atoms with Gasteiger partial charge in [0.1, 0.15) is 17.2 Å². The number of hydrogen-bond donors (Lipinski definition) is 1. The fraction of sp³-hybridized carbons (Fsp3) is 0. The molecule has 1 aromatic heterocycles. The molecule has 2 aromatic carbocycles. The van der Waals surface area contributed by atoms with Gasteiger partial charge in [0.25, 0.3) is 5.22 Å². The number of hydrogen-bond acceptors (Lipinski definition) is 4. The smallest absolute Gasteiger partial charge is 0.261 e. The van der Waals surface area contributed by atoms with Gasteiger partial charge in [0.15, 0.2) is 5.58 Å². The Bertz CT molecular complexity index is 757. The number of nitrogen functional groups attached to an aromatic ring is 1. The van der Waals surface area contributed by atoms with E-state index >= 15 is 0 Å². The summed E-state index contributed by atoms with van der Waals surface area (Å²) in [4.78, 5) is 4.28. The molecular formula is C13H8F2N2OS. The van der Waals surface area contributed by atoms with Crippen LogP contribution in [-0.4, -0.2) is 4.98 Å². The zero-order chi connectivity index (χ0) is 13.4. The number of benzene rings is 2. The molecule has 0 saturated heterocycles. The van der Waals surface area contributed by atoms with Crippen LogP contribution < -0.4 is 5.73 Å². The molecule has 0 aliphatic rings. The Balaban J connectivity index is 2.01. The molecule has 0 bridgehead atoms. The van der Waals surface area contributed by atoms with Gasteiger partial charge < -0.3 is 10.2 Å². The molecule has 96 valence electrons. The highest BCUT2D eigenvalue weighted by atomic mass is 32.2. The summed E-state index contributed by atoms with van der Waals surface area (Å²) < 4.78 is 32.0. The molecule has 3 rings (SSSR count). The summed E-state index contributed by atoms with van der Waals surface area (Å²) in [6.07, 6.45) is 0. The van der Waals surface area contributed by atoms with Crippen molar-refractivity contribution in [3.8, 4) is 0 Å². The van der Waals surface area contributed by atoms with Gasteiger partial charge in [0.2, 0.25) is 0 Å². The Hall–Kier alpha value is -2.08.